The van der Waals surface area contributed by atoms with E-state index < -0.39 is 0 Å². The van der Waals surface area contributed by atoms with Gasteiger partial charge in [-0.1, -0.05) is 12.1 Å². The maximum atomic E-state index is 9.58. The van der Waals surface area contributed by atoms with Crippen LogP contribution in [0.15, 0.2) is 24.3 Å². The summed E-state index contributed by atoms with van der Waals surface area (Å²) < 4.78 is 0. The van der Waals surface area contributed by atoms with E-state index in [0.29, 0.717) is 5.75 Å². The topological polar surface area (TPSA) is 52.5 Å². The monoisotopic (exact) mass is 221 g/mol. The van der Waals surface area contributed by atoms with Gasteiger partial charge in [-0.2, -0.15) is 0 Å². The fourth-order valence-electron chi connectivity index (χ4n) is 2.39. The molecule has 1 heterocycles. The van der Waals surface area contributed by atoms with E-state index in [9.17, 15) is 10.2 Å². The first-order chi connectivity index (χ1) is 7.74. The predicted molar refractivity (Wildman–Crippen MR) is 63.4 cm³/mol. The molecule has 0 saturated carbocycles. The van der Waals surface area contributed by atoms with Crippen molar-refractivity contribution in [1.29, 1.82) is 0 Å². The van der Waals surface area contributed by atoms with Crippen molar-refractivity contribution in [3.8, 4) is 5.75 Å². The third-order valence-electron chi connectivity index (χ3n) is 3.52. The summed E-state index contributed by atoms with van der Waals surface area (Å²) in [6, 6.07) is 7.30. The van der Waals surface area contributed by atoms with Gasteiger partial charge in [-0.25, -0.2) is 0 Å². The molecule has 0 spiro atoms. The second-order valence-electron chi connectivity index (χ2n) is 4.75. The van der Waals surface area contributed by atoms with Gasteiger partial charge in [0.2, 0.25) is 0 Å². The fourth-order valence-corrected chi connectivity index (χ4v) is 2.39. The Morgan fingerprint density at radius 1 is 1.12 bits per heavy atom. The summed E-state index contributed by atoms with van der Waals surface area (Å²) in [6.07, 6.45) is 2.93. The van der Waals surface area contributed by atoms with E-state index in [1.165, 1.54) is 5.56 Å². The molecule has 0 amide bonds. The first-order valence-corrected chi connectivity index (χ1v) is 5.84. The zero-order chi connectivity index (χ0) is 11.4. The van der Waals surface area contributed by atoms with Crippen LogP contribution < -0.4 is 5.32 Å². The van der Waals surface area contributed by atoms with Crippen molar-refractivity contribution in [3.63, 3.8) is 0 Å². The number of aliphatic hydroxyl groups excluding tert-OH is 1. The van der Waals surface area contributed by atoms with Gasteiger partial charge in [0.05, 0.1) is 0 Å². The van der Waals surface area contributed by atoms with Crippen molar-refractivity contribution in [2.75, 3.05) is 19.7 Å². The van der Waals surface area contributed by atoms with Crippen LogP contribution in [0.5, 0.6) is 5.75 Å². The predicted octanol–water partition coefficient (Wildman–Crippen LogP) is 1.30. The van der Waals surface area contributed by atoms with Crippen LogP contribution in [0, 0.1) is 5.41 Å². The van der Waals surface area contributed by atoms with E-state index in [1.807, 2.05) is 12.1 Å². The standard InChI is InChI=1S/C13H19NO2/c15-10-13(5-7-14-8-6-13)9-11-1-3-12(16)4-2-11/h1-4,14-16H,5-10H2. The van der Waals surface area contributed by atoms with E-state index in [2.05, 4.69) is 5.32 Å². The van der Waals surface area contributed by atoms with E-state index in [4.69, 9.17) is 0 Å². The molecule has 3 nitrogen and oxygen atoms in total. The number of nitrogens with one attached hydrogen (secondary N) is 1. The number of aliphatic hydroxyl groups is 1. The van der Waals surface area contributed by atoms with Crippen LogP contribution in [0.4, 0.5) is 0 Å². The van der Waals surface area contributed by atoms with Gasteiger partial charge >= 0.3 is 0 Å². The first-order valence-electron chi connectivity index (χ1n) is 5.84. The molecule has 2 rings (SSSR count). The lowest BCUT2D eigenvalue weighted by molar-refractivity contribution is 0.0893. The maximum absolute atomic E-state index is 9.58. The highest BCUT2D eigenvalue weighted by molar-refractivity contribution is 5.26. The second-order valence-corrected chi connectivity index (χ2v) is 4.75. The molecule has 1 fully saturated rings. The molecule has 0 bridgehead atoms. The Balaban J connectivity index is 2.08. The summed E-state index contributed by atoms with van der Waals surface area (Å²) >= 11 is 0. The molecular formula is C13H19NO2. The Kier molecular flexibility index (Phi) is 3.46. The van der Waals surface area contributed by atoms with Crippen LogP contribution in [-0.4, -0.2) is 29.9 Å². The number of hydrogen-bond acceptors (Lipinski definition) is 3. The van der Waals surface area contributed by atoms with Crippen LogP contribution in [0.25, 0.3) is 0 Å². The molecule has 0 aromatic heterocycles. The average molecular weight is 221 g/mol. The van der Waals surface area contributed by atoms with Gasteiger partial charge in [0, 0.05) is 6.61 Å². The lowest BCUT2D eigenvalue weighted by Crippen LogP contribution is -2.40. The van der Waals surface area contributed by atoms with Gasteiger partial charge in [0.15, 0.2) is 0 Å². The fraction of sp³-hybridized carbons (Fsp3) is 0.538. The molecule has 1 aliphatic heterocycles. The van der Waals surface area contributed by atoms with Crippen molar-refractivity contribution in [1.82, 2.24) is 5.32 Å². The number of rotatable bonds is 3. The number of phenols is 1. The minimum atomic E-state index is 0.0300. The molecule has 16 heavy (non-hydrogen) atoms. The maximum Gasteiger partial charge on any atom is 0.115 e. The summed E-state index contributed by atoms with van der Waals surface area (Å²) in [6.45, 7) is 2.22. The average Bonchev–Trinajstić information content (AvgIpc) is 2.33. The molecular weight excluding hydrogens is 202 g/mol. The Labute approximate surface area is 96.1 Å². The third-order valence-corrected chi connectivity index (χ3v) is 3.52. The molecule has 0 aliphatic carbocycles. The molecule has 0 radical (unpaired) electrons. The van der Waals surface area contributed by atoms with E-state index >= 15 is 0 Å². The lowest BCUT2D eigenvalue weighted by Gasteiger charge is -2.36. The molecule has 3 N–H and O–H groups in total. The zero-order valence-corrected chi connectivity index (χ0v) is 9.45. The quantitative estimate of drug-likeness (QED) is 0.721. The minimum absolute atomic E-state index is 0.0300. The van der Waals surface area contributed by atoms with Crippen molar-refractivity contribution in [3.05, 3.63) is 29.8 Å². The second kappa shape index (κ2) is 4.85. The van der Waals surface area contributed by atoms with Crippen LogP contribution >= 0.6 is 0 Å². The zero-order valence-electron chi connectivity index (χ0n) is 9.45. The minimum Gasteiger partial charge on any atom is -0.508 e. The third kappa shape index (κ3) is 2.54. The van der Waals surface area contributed by atoms with Crippen molar-refractivity contribution in [2.45, 2.75) is 19.3 Å². The Hall–Kier alpha value is -1.06. The van der Waals surface area contributed by atoms with Gasteiger partial charge in [0.25, 0.3) is 0 Å². The number of phenolic OH excluding ortho intramolecular Hbond substituents is 1. The van der Waals surface area contributed by atoms with E-state index in [0.717, 1.165) is 32.4 Å². The van der Waals surface area contributed by atoms with E-state index in [1.54, 1.807) is 12.1 Å². The molecule has 1 aliphatic rings. The molecule has 3 heteroatoms. The molecule has 1 aromatic carbocycles. The van der Waals surface area contributed by atoms with Crippen molar-refractivity contribution < 1.29 is 10.2 Å². The van der Waals surface area contributed by atoms with Gasteiger partial charge in [-0.15, -0.1) is 0 Å². The number of aromatic hydroxyl groups is 1. The highest BCUT2D eigenvalue weighted by Crippen LogP contribution is 2.32. The highest BCUT2D eigenvalue weighted by Gasteiger charge is 2.31. The molecule has 0 atom stereocenters. The van der Waals surface area contributed by atoms with E-state index in [-0.39, 0.29) is 12.0 Å². The van der Waals surface area contributed by atoms with Crippen LogP contribution in [0.3, 0.4) is 0 Å². The normalized spacial score (nSPS) is 19.6. The highest BCUT2D eigenvalue weighted by atomic mass is 16.3. The largest absolute Gasteiger partial charge is 0.508 e. The van der Waals surface area contributed by atoms with Crippen LogP contribution in [0.2, 0.25) is 0 Å². The lowest BCUT2D eigenvalue weighted by atomic mass is 9.75. The number of hydrogen-bond donors (Lipinski definition) is 3. The summed E-state index contributed by atoms with van der Waals surface area (Å²) in [5.41, 5.74) is 1.22. The summed E-state index contributed by atoms with van der Waals surface area (Å²) in [5, 5.41) is 22.1. The number of benzene rings is 1. The van der Waals surface area contributed by atoms with Crippen LogP contribution in [-0.2, 0) is 6.42 Å². The summed E-state index contributed by atoms with van der Waals surface area (Å²) in [5.74, 6) is 0.298. The Morgan fingerprint density at radius 3 is 2.31 bits per heavy atom. The Morgan fingerprint density at radius 2 is 1.75 bits per heavy atom. The smallest absolute Gasteiger partial charge is 0.115 e. The van der Waals surface area contributed by atoms with Crippen molar-refractivity contribution >= 4 is 0 Å². The molecule has 0 unspecified atom stereocenters. The molecule has 1 aromatic rings. The summed E-state index contributed by atoms with van der Waals surface area (Å²) in [7, 11) is 0. The van der Waals surface area contributed by atoms with Gasteiger partial charge in [-0.05, 0) is 55.5 Å². The number of piperidine rings is 1. The molecule has 1 saturated heterocycles. The molecule has 88 valence electrons. The SMILES string of the molecule is OCC1(Cc2ccc(O)cc2)CCNCC1. The summed E-state index contributed by atoms with van der Waals surface area (Å²) in [4.78, 5) is 0. The van der Waals surface area contributed by atoms with Gasteiger partial charge in [-0.3, -0.25) is 0 Å². The van der Waals surface area contributed by atoms with Gasteiger partial charge in [0.1, 0.15) is 5.75 Å². The first kappa shape index (κ1) is 11.4. The Bertz CT molecular complexity index is 328. The van der Waals surface area contributed by atoms with Gasteiger partial charge < -0.3 is 15.5 Å². The van der Waals surface area contributed by atoms with Crippen LogP contribution in [0.1, 0.15) is 18.4 Å². The van der Waals surface area contributed by atoms with Crippen molar-refractivity contribution in [2.24, 2.45) is 5.41 Å².